The number of hydrogen-bond donors (Lipinski definition) is 2. The highest BCUT2D eigenvalue weighted by Crippen LogP contribution is 2.27. The van der Waals surface area contributed by atoms with Gasteiger partial charge < -0.3 is 11.1 Å². The molecule has 2 aromatic carbocycles. The first-order valence-electron chi connectivity index (χ1n) is 7.17. The van der Waals surface area contributed by atoms with Gasteiger partial charge in [-0.2, -0.15) is 0 Å². The van der Waals surface area contributed by atoms with Crippen LogP contribution in [0.4, 0.5) is 11.5 Å². The van der Waals surface area contributed by atoms with E-state index in [0.29, 0.717) is 5.69 Å². The summed E-state index contributed by atoms with van der Waals surface area (Å²) in [4.78, 5) is 29.2. The zero-order valence-electron chi connectivity index (χ0n) is 12.7. The molecular formula is C17H12Cl2N4O2. The fourth-order valence-corrected chi connectivity index (χ4v) is 2.85. The largest absolute Gasteiger partial charge is 0.383 e. The predicted molar refractivity (Wildman–Crippen MR) is 98.7 cm³/mol. The molecule has 0 aliphatic carbocycles. The van der Waals surface area contributed by atoms with Crippen molar-refractivity contribution in [1.29, 1.82) is 0 Å². The van der Waals surface area contributed by atoms with E-state index in [9.17, 15) is 9.59 Å². The summed E-state index contributed by atoms with van der Waals surface area (Å²) in [5.74, 6) is -0.850. The summed E-state index contributed by atoms with van der Waals surface area (Å²) in [6.07, 6.45) is 1.18. The summed E-state index contributed by atoms with van der Waals surface area (Å²) in [6, 6.07) is 13.5. The number of hydrogen-bond acceptors (Lipinski definition) is 4. The molecule has 25 heavy (non-hydrogen) atoms. The number of carbonyl (C=O) groups excluding carboxylic acids is 1. The first-order chi connectivity index (χ1) is 12.0. The Morgan fingerprint density at radius 1 is 1.04 bits per heavy atom. The average molecular weight is 375 g/mol. The molecule has 0 aliphatic rings. The van der Waals surface area contributed by atoms with Crippen molar-refractivity contribution in [2.75, 3.05) is 11.1 Å². The highest BCUT2D eigenvalue weighted by molar-refractivity contribution is 6.37. The molecule has 1 aromatic heterocycles. The van der Waals surface area contributed by atoms with Crippen molar-refractivity contribution in [2.24, 2.45) is 0 Å². The van der Waals surface area contributed by atoms with Gasteiger partial charge >= 0.3 is 0 Å². The van der Waals surface area contributed by atoms with Crippen LogP contribution in [-0.4, -0.2) is 15.5 Å². The molecule has 0 radical (unpaired) electrons. The van der Waals surface area contributed by atoms with Gasteiger partial charge in [0.05, 0.1) is 15.7 Å². The molecule has 3 N–H and O–H groups in total. The fraction of sp³-hybridized carbons (Fsp3) is 0. The lowest BCUT2D eigenvalue weighted by Gasteiger charge is -2.12. The molecule has 0 atom stereocenters. The summed E-state index contributed by atoms with van der Waals surface area (Å²) in [5, 5.41) is 3.10. The van der Waals surface area contributed by atoms with Crippen LogP contribution >= 0.6 is 23.2 Å². The van der Waals surface area contributed by atoms with Crippen molar-refractivity contribution in [1.82, 2.24) is 9.55 Å². The monoisotopic (exact) mass is 374 g/mol. The van der Waals surface area contributed by atoms with Crippen LogP contribution in [0.2, 0.25) is 10.0 Å². The number of amides is 1. The minimum atomic E-state index is -0.670. The topological polar surface area (TPSA) is 90.0 Å². The van der Waals surface area contributed by atoms with Crippen molar-refractivity contribution >= 4 is 40.6 Å². The van der Waals surface area contributed by atoms with Crippen LogP contribution in [0.3, 0.4) is 0 Å². The normalized spacial score (nSPS) is 10.5. The second kappa shape index (κ2) is 6.96. The lowest BCUT2D eigenvalue weighted by Crippen LogP contribution is -2.30. The molecule has 0 bridgehead atoms. The predicted octanol–water partition coefficient (Wildman–Crippen LogP) is 3.37. The Morgan fingerprint density at radius 3 is 2.32 bits per heavy atom. The molecule has 8 heteroatoms. The Hall–Kier alpha value is -2.83. The number of anilines is 2. The maximum atomic E-state index is 12.8. The standard InChI is InChI=1S/C17H12Cl2N4O2/c18-11-7-4-8-12(19)14(11)23-9-21-15(20)13(17(23)25)16(24)22-10-5-2-1-3-6-10/h1-9H,20H2,(H,22,24). The molecule has 0 unspecified atom stereocenters. The Labute approximate surface area is 152 Å². The molecule has 0 saturated heterocycles. The third-order valence-electron chi connectivity index (χ3n) is 3.44. The van der Waals surface area contributed by atoms with E-state index in [4.69, 9.17) is 28.9 Å². The van der Waals surface area contributed by atoms with E-state index in [-0.39, 0.29) is 27.1 Å². The number of benzene rings is 2. The Morgan fingerprint density at radius 2 is 1.68 bits per heavy atom. The third-order valence-corrected chi connectivity index (χ3v) is 4.05. The van der Waals surface area contributed by atoms with Crippen LogP contribution in [0.5, 0.6) is 0 Å². The van der Waals surface area contributed by atoms with E-state index in [1.165, 1.54) is 6.33 Å². The maximum Gasteiger partial charge on any atom is 0.273 e. The highest BCUT2D eigenvalue weighted by atomic mass is 35.5. The molecular weight excluding hydrogens is 363 g/mol. The van der Waals surface area contributed by atoms with Gasteiger partial charge in [-0.15, -0.1) is 0 Å². The molecule has 0 fully saturated rings. The zero-order chi connectivity index (χ0) is 18.0. The number of nitrogens with one attached hydrogen (secondary N) is 1. The smallest absolute Gasteiger partial charge is 0.273 e. The molecule has 1 heterocycles. The number of para-hydroxylation sites is 2. The van der Waals surface area contributed by atoms with Gasteiger partial charge in [-0.05, 0) is 24.3 Å². The number of rotatable bonds is 3. The number of nitrogen functional groups attached to an aromatic ring is 1. The van der Waals surface area contributed by atoms with Crippen LogP contribution in [0.1, 0.15) is 10.4 Å². The summed E-state index contributed by atoms with van der Waals surface area (Å²) < 4.78 is 1.10. The lowest BCUT2D eigenvalue weighted by molar-refractivity contribution is 0.102. The first kappa shape index (κ1) is 17.0. The van der Waals surface area contributed by atoms with E-state index >= 15 is 0 Å². The highest BCUT2D eigenvalue weighted by Gasteiger charge is 2.20. The third kappa shape index (κ3) is 3.35. The average Bonchev–Trinajstić information content (AvgIpc) is 2.57. The zero-order valence-corrected chi connectivity index (χ0v) is 14.3. The summed E-state index contributed by atoms with van der Waals surface area (Å²) in [5.41, 5.74) is 5.55. The molecule has 1 amide bonds. The van der Waals surface area contributed by atoms with Crippen molar-refractivity contribution in [2.45, 2.75) is 0 Å². The number of nitrogens with two attached hydrogens (primary N) is 1. The van der Waals surface area contributed by atoms with Gasteiger partial charge in [-0.3, -0.25) is 14.2 Å². The first-order valence-corrected chi connectivity index (χ1v) is 7.92. The molecule has 3 rings (SSSR count). The summed E-state index contributed by atoms with van der Waals surface area (Å²) in [7, 11) is 0. The molecule has 126 valence electrons. The van der Waals surface area contributed by atoms with Gasteiger partial charge in [-0.25, -0.2) is 4.98 Å². The van der Waals surface area contributed by atoms with E-state index in [0.717, 1.165) is 4.57 Å². The van der Waals surface area contributed by atoms with Crippen LogP contribution in [-0.2, 0) is 0 Å². The van der Waals surface area contributed by atoms with E-state index in [1.54, 1.807) is 48.5 Å². The van der Waals surface area contributed by atoms with Crippen LogP contribution in [0.25, 0.3) is 5.69 Å². The number of carbonyl (C=O) groups is 1. The number of halogens is 2. The van der Waals surface area contributed by atoms with Gasteiger partial charge in [0, 0.05) is 5.69 Å². The van der Waals surface area contributed by atoms with E-state index in [2.05, 4.69) is 10.3 Å². The SMILES string of the molecule is Nc1ncn(-c2c(Cl)cccc2Cl)c(=O)c1C(=O)Nc1ccccc1. The van der Waals surface area contributed by atoms with Crippen LogP contribution in [0.15, 0.2) is 59.7 Å². The molecule has 3 aromatic rings. The quantitative estimate of drug-likeness (QED) is 0.735. The summed E-state index contributed by atoms with van der Waals surface area (Å²) >= 11 is 12.3. The van der Waals surface area contributed by atoms with Crippen molar-refractivity contribution in [3.63, 3.8) is 0 Å². The van der Waals surface area contributed by atoms with Crippen LogP contribution < -0.4 is 16.6 Å². The number of nitrogens with zero attached hydrogens (tertiary/aromatic N) is 2. The Balaban J connectivity index is 2.10. The van der Waals surface area contributed by atoms with Crippen LogP contribution in [0, 0.1) is 0 Å². The molecule has 0 spiro atoms. The van der Waals surface area contributed by atoms with Crippen molar-refractivity contribution in [3.8, 4) is 5.69 Å². The van der Waals surface area contributed by atoms with E-state index in [1.807, 2.05) is 0 Å². The minimum absolute atomic E-state index is 0.183. The molecule has 0 saturated carbocycles. The van der Waals surface area contributed by atoms with Gasteiger partial charge in [0.1, 0.15) is 17.7 Å². The fourth-order valence-electron chi connectivity index (χ4n) is 2.27. The van der Waals surface area contributed by atoms with Crippen molar-refractivity contribution in [3.05, 3.63) is 80.8 Å². The molecule has 6 nitrogen and oxygen atoms in total. The van der Waals surface area contributed by atoms with Gasteiger partial charge in [0.25, 0.3) is 11.5 Å². The number of aromatic nitrogens is 2. The van der Waals surface area contributed by atoms with Gasteiger partial charge in [-0.1, -0.05) is 47.5 Å². The Kier molecular flexibility index (Phi) is 4.74. The Bertz CT molecular complexity index is 983. The van der Waals surface area contributed by atoms with Gasteiger partial charge in [0.2, 0.25) is 0 Å². The van der Waals surface area contributed by atoms with Gasteiger partial charge in [0.15, 0.2) is 0 Å². The second-order valence-electron chi connectivity index (χ2n) is 5.07. The minimum Gasteiger partial charge on any atom is -0.383 e. The summed E-state index contributed by atoms with van der Waals surface area (Å²) in [6.45, 7) is 0. The lowest BCUT2D eigenvalue weighted by atomic mass is 10.2. The maximum absolute atomic E-state index is 12.8. The molecule has 0 aliphatic heterocycles. The van der Waals surface area contributed by atoms with Crippen molar-refractivity contribution < 1.29 is 4.79 Å². The second-order valence-corrected chi connectivity index (χ2v) is 5.88. The van der Waals surface area contributed by atoms with E-state index < -0.39 is 11.5 Å².